The number of aryl methyl sites for hydroxylation is 1. The molecule has 6 nitrogen and oxygen atoms in total. The van der Waals surface area contributed by atoms with Gasteiger partial charge in [0.2, 0.25) is 0 Å². The summed E-state index contributed by atoms with van der Waals surface area (Å²) in [5.41, 5.74) is 0. The van der Waals surface area contributed by atoms with Gasteiger partial charge in [0.25, 0.3) is 0 Å². The molecule has 0 aliphatic rings. The normalized spacial score (nSPS) is 12.9. The highest BCUT2D eigenvalue weighted by atomic mass is 16.4. The SMILES string of the molecule is CCNC(CN(C)Cc1nccn1C)C(=O)O. The number of aromatic nitrogens is 2. The van der Waals surface area contributed by atoms with Crippen LogP contribution in [0.3, 0.4) is 0 Å². The van der Waals surface area contributed by atoms with Crippen LogP contribution in [0, 0.1) is 0 Å². The molecule has 0 bridgehead atoms. The number of nitrogens with zero attached hydrogens (tertiary/aromatic N) is 3. The molecule has 0 saturated heterocycles. The first-order chi connectivity index (χ1) is 8.04. The zero-order valence-electron chi connectivity index (χ0n) is 10.6. The van der Waals surface area contributed by atoms with Gasteiger partial charge in [0.1, 0.15) is 11.9 Å². The maximum atomic E-state index is 11.0. The van der Waals surface area contributed by atoms with Crippen LogP contribution in [0.25, 0.3) is 0 Å². The molecule has 0 aromatic carbocycles. The molecule has 1 atom stereocenters. The molecular weight excluding hydrogens is 220 g/mol. The van der Waals surface area contributed by atoms with Crippen molar-refractivity contribution in [3.05, 3.63) is 18.2 Å². The average molecular weight is 240 g/mol. The maximum absolute atomic E-state index is 11.0. The van der Waals surface area contributed by atoms with Crippen LogP contribution in [0.2, 0.25) is 0 Å². The van der Waals surface area contributed by atoms with E-state index in [0.717, 1.165) is 5.82 Å². The van der Waals surface area contributed by atoms with E-state index < -0.39 is 12.0 Å². The summed E-state index contributed by atoms with van der Waals surface area (Å²) in [6, 6.07) is -0.537. The first kappa shape index (κ1) is 13.7. The van der Waals surface area contributed by atoms with E-state index in [2.05, 4.69) is 10.3 Å². The summed E-state index contributed by atoms with van der Waals surface area (Å²) < 4.78 is 1.93. The first-order valence-corrected chi connectivity index (χ1v) is 5.65. The minimum absolute atomic E-state index is 0.454. The Labute approximate surface area is 101 Å². The van der Waals surface area contributed by atoms with Gasteiger partial charge in [-0.3, -0.25) is 9.69 Å². The third-order valence-electron chi connectivity index (χ3n) is 2.58. The summed E-state index contributed by atoms with van der Waals surface area (Å²) in [6.45, 7) is 3.64. The molecule has 1 heterocycles. The lowest BCUT2D eigenvalue weighted by atomic mass is 10.2. The minimum atomic E-state index is -0.821. The van der Waals surface area contributed by atoms with Crippen LogP contribution < -0.4 is 5.32 Å². The average Bonchev–Trinajstić information content (AvgIpc) is 2.63. The number of likely N-dealkylation sites (N-methyl/N-ethyl adjacent to an activating group) is 2. The van der Waals surface area contributed by atoms with Crippen molar-refractivity contribution in [3.63, 3.8) is 0 Å². The highest BCUT2D eigenvalue weighted by Crippen LogP contribution is 2.00. The predicted molar refractivity (Wildman–Crippen MR) is 64.6 cm³/mol. The fourth-order valence-corrected chi connectivity index (χ4v) is 1.64. The van der Waals surface area contributed by atoms with Gasteiger partial charge in [-0.05, 0) is 13.6 Å². The van der Waals surface area contributed by atoms with E-state index >= 15 is 0 Å². The second kappa shape index (κ2) is 6.36. The Balaban J connectivity index is 2.50. The van der Waals surface area contributed by atoms with Crippen molar-refractivity contribution in [2.75, 3.05) is 20.1 Å². The molecule has 0 aliphatic carbocycles. The lowest BCUT2D eigenvalue weighted by molar-refractivity contribution is -0.139. The summed E-state index contributed by atoms with van der Waals surface area (Å²) in [4.78, 5) is 17.1. The second-order valence-corrected chi connectivity index (χ2v) is 4.10. The van der Waals surface area contributed by atoms with Crippen molar-refractivity contribution in [2.24, 2.45) is 7.05 Å². The van der Waals surface area contributed by atoms with Crippen LogP contribution in [-0.4, -0.2) is 51.7 Å². The minimum Gasteiger partial charge on any atom is -0.480 e. The molecule has 1 aromatic rings. The fraction of sp³-hybridized carbons (Fsp3) is 0.636. The molecule has 2 N–H and O–H groups in total. The van der Waals surface area contributed by atoms with Gasteiger partial charge >= 0.3 is 5.97 Å². The van der Waals surface area contributed by atoms with Crippen LogP contribution in [0.15, 0.2) is 12.4 Å². The van der Waals surface area contributed by atoms with E-state index in [1.807, 2.05) is 36.7 Å². The van der Waals surface area contributed by atoms with Crippen LogP contribution >= 0.6 is 0 Å². The Morgan fingerprint density at radius 2 is 2.41 bits per heavy atom. The van der Waals surface area contributed by atoms with Crippen LogP contribution in [0.1, 0.15) is 12.7 Å². The van der Waals surface area contributed by atoms with Crippen molar-refractivity contribution in [3.8, 4) is 0 Å². The summed E-state index contributed by atoms with van der Waals surface area (Å²) >= 11 is 0. The van der Waals surface area contributed by atoms with E-state index in [4.69, 9.17) is 5.11 Å². The highest BCUT2D eigenvalue weighted by Gasteiger charge is 2.18. The molecule has 6 heteroatoms. The molecule has 0 aliphatic heterocycles. The molecule has 96 valence electrons. The maximum Gasteiger partial charge on any atom is 0.322 e. The number of hydrogen-bond donors (Lipinski definition) is 2. The Morgan fingerprint density at radius 3 is 2.88 bits per heavy atom. The third-order valence-corrected chi connectivity index (χ3v) is 2.58. The predicted octanol–water partition coefficient (Wildman–Crippen LogP) is -0.0854. The molecular formula is C11H20N4O2. The van der Waals surface area contributed by atoms with Gasteiger partial charge in [-0.2, -0.15) is 0 Å². The van der Waals surface area contributed by atoms with Gasteiger partial charge in [0, 0.05) is 26.0 Å². The van der Waals surface area contributed by atoms with E-state index in [9.17, 15) is 4.79 Å². The van der Waals surface area contributed by atoms with Crippen molar-refractivity contribution < 1.29 is 9.90 Å². The summed E-state index contributed by atoms with van der Waals surface area (Å²) in [6.07, 6.45) is 3.62. The van der Waals surface area contributed by atoms with Crippen molar-refractivity contribution in [2.45, 2.75) is 19.5 Å². The van der Waals surface area contributed by atoms with Gasteiger partial charge in [-0.15, -0.1) is 0 Å². The van der Waals surface area contributed by atoms with E-state index in [1.165, 1.54) is 0 Å². The van der Waals surface area contributed by atoms with Crippen molar-refractivity contribution in [1.29, 1.82) is 0 Å². The Bertz CT molecular complexity index is 364. The highest BCUT2D eigenvalue weighted by molar-refractivity contribution is 5.73. The molecule has 17 heavy (non-hydrogen) atoms. The number of carboxylic acids is 1. The molecule has 1 aromatic heterocycles. The van der Waals surface area contributed by atoms with Gasteiger partial charge in [0.05, 0.1) is 6.54 Å². The van der Waals surface area contributed by atoms with Crippen LogP contribution in [-0.2, 0) is 18.4 Å². The molecule has 0 spiro atoms. The van der Waals surface area contributed by atoms with Gasteiger partial charge in [-0.1, -0.05) is 6.92 Å². The number of imidazole rings is 1. The van der Waals surface area contributed by atoms with Gasteiger partial charge in [-0.25, -0.2) is 4.98 Å². The van der Waals surface area contributed by atoms with E-state index in [0.29, 0.717) is 19.6 Å². The number of carboxylic acid groups (broad SMARTS) is 1. The number of rotatable bonds is 7. The summed E-state index contributed by atoms with van der Waals surface area (Å²) in [5.74, 6) is 0.103. The lowest BCUT2D eigenvalue weighted by Gasteiger charge is -2.21. The van der Waals surface area contributed by atoms with E-state index in [1.54, 1.807) is 6.20 Å². The van der Waals surface area contributed by atoms with E-state index in [-0.39, 0.29) is 0 Å². The second-order valence-electron chi connectivity index (χ2n) is 4.10. The number of hydrogen-bond acceptors (Lipinski definition) is 4. The molecule has 0 radical (unpaired) electrons. The van der Waals surface area contributed by atoms with Gasteiger partial charge < -0.3 is 15.0 Å². The Hall–Kier alpha value is -1.40. The topological polar surface area (TPSA) is 70.4 Å². The molecule has 0 amide bonds. The first-order valence-electron chi connectivity index (χ1n) is 5.65. The molecule has 0 saturated carbocycles. The largest absolute Gasteiger partial charge is 0.480 e. The fourth-order valence-electron chi connectivity index (χ4n) is 1.64. The zero-order valence-corrected chi connectivity index (χ0v) is 10.6. The lowest BCUT2D eigenvalue weighted by Crippen LogP contribution is -2.45. The molecule has 1 unspecified atom stereocenters. The third kappa shape index (κ3) is 4.16. The number of nitrogens with one attached hydrogen (secondary N) is 1. The van der Waals surface area contributed by atoms with Crippen molar-refractivity contribution >= 4 is 5.97 Å². The molecule has 1 rings (SSSR count). The Kier molecular flexibility index (Phi) is 5.11. The summed E-state index contributed by atoms with van der Waals surface area (Å²) in [7, 11) is 3.82. The standard InChI is InChI=1S/C11H20N4O2/c1-4-12-9(11(16)17)7-14(2)8-10-13-5-6-15(10)3/h5-6,9,12H,4,7-8H2,1-3H3,(H,16,17). The quantitative estimate of drug-likeness (QED) is 0.697. The van der Waals surface area contributed by atoms with Crippen LogP contribution in [0.4, 0.5) is 0 Å². The van der Waals surface area contributed by atoms with Gasteiger partial charge in [0.15, 0.2) is 0 Å². The number of aliphatic carboxylic acids is 1. The Morgan fingerprint density at radius 1 is 1.71 bits per heavy atom. The number of carbonyl (C=O) groups is 1. The smallest absolute Gasteiger partial charge is 0.322 e. The molecule has 0 fully saturated rings. The monoisotopic (exact) mass is 240 g/mol. The van der Waals surface area contributed by atoms with Crippen molar-refractivity contribution in [1.82, 2.24) is 19.8 Å². The zero-order chi connectivity index (χ0) is 12.8. The summed E-state index contributed by atoms with van der Waals surface area (Å²) in [5, 5.41) is 12.0. The van der Waals surface area contributed by atoms with Crippen LogP contribution in [0.5, 0.6) is 0 Å².